The van der Waals surface area contributed by atoms with E-state index in [4.69, 9.17) is 9.47 Å². The maximum absolute atomic E-state index is 12.2. The number of benzene rings is 2. The summed E-state index contributed by atoms with van der Waals surface area (Å²) in [5.41, 5.74) is 4.15. The van der Waals surface area contributed by atoms with E-state index in [1.807, 2.05) is 48.5 Å². The Labute approximate surface area is 211 Å². The summed E-state index contributed by atoms with van der Waals surface area (Å²) in [6, 6.07) is 20.1. The Balaban J connectivity index is 0.000000527. The first-order valence-electron chi connectivity index (χ1n) is 11.7. The third-order valence-electron chi connectivity index (χ3n) is 4.76. The van der Waals surface area contributed by atoms with E-state index in [1.165, 1.54) is 16.9 Å². The minimum Gasteiger partial charge on any atom is -0.447 e. The molecule has 0 radical (unpaired) electrons. The summed E-state index contributed by atoms with van der Waals surface area (Å²) in [5.74, 6) is 0. The standard InChI is InChI=1S/C20H27N3O4S.C7H8/c1-15(2)27-19(24)22-10-6-9-17(11-16-7-4-3-5-8-16)23-20(25)26-13-18-12-21-14-28-18;1-7-5-3-2-4-6-7/h3-5,7-8,12,14-15,17H,6,9-11,13H2,1-2H3,(H,22,24)(H,23,25);2-6H,1H3. The molecule has 35 heavy (non-hydrogen) atoms. The number of aromatic nitrogens is 1. The summed E-state index contributed by atoms with van der Waals surface area (Å²) >= 11 is 1.44. The van der Waals surface area contributed by atoms with Gasteiger partial charge in [-0.2, -0.15) is 0 Å². The molecular weight excluding hydrogens is 462 g/mol. The van der Waals surface area contributed by atoms with Crippen molar-refractivity contribution in [1.29, 1.82) is 0 Å². The Morgan fingerprint density at radius 3 is 2.26 bits per heavy atom. The molecule has 3 rings (SSSR count). The largest absolute Gasteiger partial charge is 0.447 e. The fourth-order valence-electron chi connectivity index (χ4n) is 3.11. The summed E-state index contributed by atoms with van der Waals surface area (Å²) < 4.78 is 10.3. The zero-order valence-electron chi connectivity index (χ0n) is 20.6. The van der Waals surface area contributed by atoms with Gasteiger partial charge in [0.15, 0.2) is 0 Å². The molecule has 1 atom stereocenters. The molecular formula is C27H35N3O4S. The van der Waals surface area contributed by atoms with E-state index in [2.05, 4.69) is 34.7 Å². The number of ether oxygens (including phenoxy) is 2. The van der Waals surface area contributed by atoms with Crippen molar-refractivity contribution in [2.24, 2.45) is 0 Å². The minimum atomic E-state index is -0.457. The van der Waals surface area contributed by atoms with Gasteiger partial charge in [-0.3, -0.25) is 4.98 Å². The predicted octanol–water partition coefficient (Wildman–Crippen LogP) is 5.89. The number of nitrogens with one attached hydrogen (secondary N) is 2. The van der Waals surface area contributed by atoms with Gasteiger partial charge >= 0.3 is 12.2 Å². The molecule has 8 heteroatoms. The lowest BCUT2D eigenvalue weighted by Crippen LogP contribution is -2.37. The normalized spacial score (nSPS) is 11.1. The topological polar surface area (TPSA) is 89.6 Å². The third-order valence-corrected chi connectivity index (χ3v) is 5.51. The summed E-state index contributed by atoms with van der Waals surface area (Å²) in [6.07, 6.45) is 2.74. The van der Waals surface area contributed by atoms with Crippen LogP contribution in [0.2, 0.25) is 0 Å². The van der Waals surface area contributed by atoms with Crippen LogP contribution >= 0.6 is 11.3 Å². The zero-order chi connectivity index (χ0) is 25.3. The van der Waals surface area contributed by atoms with Crippen molar-refractivity contribution in [1.82, 2.24) is 15.6 Å². The van der Waals surface area contributed by atoms with Gasteiger partial charge in [-0.15, -0.1) is 11.3 Å². The molecule has 7 nitrogen and oxygen atoms in total. The Morgan fingerprint density at radius 2 is 1.69 bits per heavy atom. The van der Waals surface area contributed by atoms with E-state index in [0.29, 0.717) is 25.8 Å². The van der Waals surface area contributed by atoms with Crippen LogP contribution in [0.4, 0.5) is 9.59 Å². The number of aryl methyl sites for hydroxylation is 1. The fraction of sp³-hybridized carbons (Fsp3) is 0.370. The van der Waals surface area contributed by atoms with Crippen LogP contribution in [0.3, 0.4) is 0 Å². The number of amides is 2. The average molecular weight is 498 g/mol. The second-order valence-electron chi connectivity index (χ2n) is 8.25. The number of hydrogen-bond acceptors (Lipinski definition) is 6. The maximum Gasteiger partial charge on any atom is 0.407 e. The summed E-state index contributed by atoms with van der Waals surface area (Å²) in [7, 11) is 0. The van der Waals surface area contributed by atoms with Crippen molar-refractivity contribution < 1.29 is 19.1 Å². The van der Waals surface area contributed by atoms with Gasteiger partial charge in [0.25, 0.3) is 0 Å². The summed E-state index contributed by atoms with van der Waals surface area (Å²) in [5, 5.41) is 5.65. The molecule has 0 fully saturated rings. The highest BCUT2D eigenvalue weighted by atomic mass is 32.1. The van der Waals surface area contributed by atoms with Gasteiger partial charge in [-0.05, 0) is 45.6 Å². The highest BCUT2D eigenvalue weighted by Crippen LogP contribution is 2.10. The monoisotopic (exact) mass is 497 g/mol. The smallest absolute Gasteiger partial charge is 0.407 e. The van der Waals surface area contributed by atoms with Crippen molar-refractivity contribution in [3.63, 3.8) is 0 Å². The number of rotatable bonds is 10. The fourth-order valence-corrected chi connectivity index (χ4v) is 3.62. The molecule has 3 aromatic rings. The SMILES string of the molecule is CC(C)OC(=O)NCCCC(Cc1ccccc1)NC(=O)OCc1cncs1.Cc1ccccc1. The molecule has 0 aliphatic heterocycles. The molecule has 0 aliphatic carbocycles. The molecule has 1 heterocycles. The van der Waals surface area contributed by atoms with Crippen LogP contribution in [0.1, 0.15) is 42.7 Å². The van der Waals surface area contributed by atoms with E-state index < -0.39 is 12.2 Å². The van der Waals surface area contributed by atoms with Gasteiger partial charge in [0.2, 0.25) is 0 Å². The van der Waals surface area contributed by atoms with E-state index in [-0.39, 0.29) is 18.8 Å². The number of thiazole rings is 1. The number of hydrogen-bond donors (Lipinski definition) is 2. The van der Waals surface area contributed by atoms with Crippen molar-refractivity contribution in [3.05, 3.63) is 88.4 Å². The van der Waals surface area contributed by atoms with E-state index >= 15 is 0 Å². The van der Waals surface area contributed by atoms with Crippen molar-refractivity contribution in [2.75, 3.05) is 6.54 Å². The first-order chi connectivity index (χ1) is 16.9. The van der Waals surface area contributed by atoms with Crippen molar-refractivity contribution >= 4 is 23.5 Å². The maximum atomic E-state index is 12.2. The lowest BCUT2D eigenvalue weighted by molar-refractivity contribution is 0.115. The summed E-state index contributed by atoms with van der Waals surface area (Å²) in [4.78, 5) is 28.6. The third kappa shape index (κ3) is 13.2. The van der Waals surface area contributed by atoms with Gasteiger partial charge in [0.1, 0.15) is 6.61 Å². The van der Waals surface area contributed by atoms with Crippen LogP contribution in [0.25, 0.3) is 0 Å². The van der Waals surface area contributed by atoms with Gasteiger partial charge in [0.05, 0.1) is 16.5 Å². The Kier molecular flexibility index (Phi) is 12.9. The number of carbonyl (C=O) groups is 2. The molecule has 188 valence electrons. The van der Waals surface area contributed by atoms with Crippen LogP contribution in [-0.2, 0) is 22.5 Å². The second kappa shape index (κ2) is 16.3. The Bertz CT molecular complexity index is 967. The van der Waals surface area contributed by atoms with Gasteiger partial charge in [-0.25, -0.2) is 9.59 Å². The van der Waals surface area contributed by atoms with Gasteiger partial charge in [0, 0.05) is 18.8 Å². The lowest BCUT2D eigenvalue weighted by Gasteiger charge is -2.19. The molecule has 2 N–H and O–H groups in total. The molecule has 1 aromatic heterocycles. The Hall–Kier alpha value is -3.39. The molecule has 2 aromatic carbocycles. The van der Waals surface area contributed by atoms with Gasteiger partial charge < -0.3 is 20.1 Å². The zero-order valence-corrected chi connectivity index (χ0v) is 21.4. The first kappa shape index (κ1) is 27.9. The number of carbonyl (C=O) groups excluding carboxylic acids is 2. The second-order valence-corrected chi connectivity index (χ2v) is 9.22. The van der Waals surface area contributed by atoms with Crippen molar-refractivity contribution in [2.45, 2.75) is 58.8 Å². The highest BCUT2D eigenvalue weighted by molar-refractivity contribution is 7.09. The molecule has 0 saturated heterocycles. The molecule has 0 bridgehead atoms. The molecule has 0 spiro atoms. The van der Waals surface area contributed by atoms with Crippen LogP contribution in [0.5, 0.6) is 0 Å². The highest BCUT2D eigenvalue weighted by Gasteiger charge is 2.15. The van der Waals surface area contributed by atoms with E-state index in [9.17, 15) is 9.59 Å². The van der Waals surface area contributed by atoms with E-state index in [1.54, 1.807) is 25.6 Å². The molecule has 0 saturated carbocycles. The molecule has 0 aliphatic rings. The number of alkyl carbamates (subject to hydrolysis) is 2. The molecule has 1 unspecified atom stereocenters. The van der Waals surface area contributed by atoms with Crippen molar-refractivity contribution in [3.8, 4) is 0 Å². The van der Waals surface area contributed by atoms with Crippen LogP contribution in [0, 0.1) is 6.92 Å². The van der Waals surface area contributed by atoms with Crippen LogP contribution in [-0.4, -0.2) is 35.9 Å². The van der Waals surface area contributed by atoms with Gasteiger partial charge in [-0.1, -0.05) is 66.2 Å². The average Bonchev–Trinajstić information content (AvgIpc) is 3.35. The van der Waals surface area contributed by atoms with E-state index in [0.717, 1.165) is 10.4 Å². The predicted molar refractivity (Wildman–Crippen MR) is 139 cm³/mol. The summed E-state index contributed by atoms with van der Waals surface area (Å²) in [6.45, 7) is 6.38. The lowest BCUT2D eigenvalue weighted by atomic mass is 10.0. The number of nitrogens with zero attached hydrogens (tertiary/aromatic N) is 1. The quantitative estimate of drug-likeness (QED) is 0.341. The Morgan fingerprint density at radius 1 is 1.00 bits per heavy atom. The van der Waals surface area contributed by atoms with Crippen LogP contribution < -0.4 is 10.6 Å². The molecule has 2 amide bonds. The minimum absolute atomic E-state index is 0.0979. The first-order valence-corrected chi connectivity index (χ1v) is 12.6. The van der Waals surface area contributed by atoms with Crippen LogP contribution in [0.15, 0.2) is 72.4 Å².